The Labute approximate surface area is 198 Å². The first-order valence-corrected chi connectivity index (χ1v) is 12.6. The monoisotopic (exact) mass is 459 g/mol. The minimum atomic E-state index is -0.00368. The number of hydrogen-bond donors (Lipinski definition) is 1. The van der Waals surface area contributed by atoms with Crippen LogP contribution in [0.5, 0.6) is 0 Å². The smallest absolute Gasteiger partial charge is 0.253 e. The Morgan fingerprint density at radius 1 is 1.15 bits per heavy atom. The summed E-state index contributed by atoms with van der Waals surface area (Å²) < 4.78 is 7.75. The van der Waals surface area contributed by atoms with Gasteiger partial charge in [0.05, 0.1) is 29.8 Å². The molecule has 1 saturated carbocycles. The van der Waals surface area contributed by atoms with Crippen molar-refractivity contribution in [1.29, 1.82) is 0 Å². The summed E-state index contributed by atoms with van der Waals surface area (Å²) in [6.07, 6.45) is 7.98. The molecule has 5 nitrogen and oxygen atoms in total. The lowest BCUT2D eigenvalue weighted by molar-refractivity contribution is 0.0943. The summed E-state index contributed by atoms with van der Waals surface area (Å²) in [5.74, 6) is 1.44. The molecule has 3 aromatic heterocycles. The Balaban J connectivity index is 1.44. The largest absolute Gasteiger partial charge is 0.467 e. The van der Waals surface area contributed by atoms with Crippen LogP contribution in [0, 0.1) is 12.8 Å². The molecule has 0 bridgehead atoms. The summed E-state index contributed by atoms with van der Waals surface area (Å²) in [7, 11) is 0. The molecule has 0 spiro atoms. The highest BCUT2D eigenvalue weighted by molar-refractivity contribution is 7.13. The molecule has 0 radical (unpaired) electrons. The summed E-state index contributed by atoms with van der Waals surface area (Å²) in [4.78, 5) is 18.1. The highest BCUT2D eigenvalue weighted by Gasteiger charge is 2.22. The van der Waals surface area contributed by atoms with Gasteiger partial charge < -0.3 is 14.3 Å². The van der Waals surface area contributed by atoms with Crippen LogP contribution in [0.4, 0.5) is 0 Å². The Morgan fingerprint density at radius 3 is 2.73 bits per heavy atom. The minimum Gasteiger partial charge on any atom is -0.467 e. The number of rotatable bonds is 7. The maximum absolute atomic E-state index is 13.2. The fourth-order valence-corrected chi connectivity index (χ4v) is 5.50. The molecule has 1 aliphatic carbocycles. The van der Waals surface area contributed by atoms with E-state index in [1.54, 1.807) is 17.6 Å². The summed E-state index contributed by atoms with van der Waals surface area (Å²) in [5, 5.41) is 6.24. The molecule has 1 amide bonds. The van der Waals surface area contributed by atoms with E-state index < -0.39 is 0 Å². The van der Waals surface area contributed by atoms with Crippen molar-refractivity contribution in [3.05, 3.63) is 77.2 Å². The molecule has 4 aromatic rings. The number of carbonyl (C=O) groups is 1. The summed E-state index contributed by atoms with van der Waals surface area (Å²) >= 11 is 1.62. The van der Waals surface area contributed by atoms with Gasteiger partial charge in [0.15, 0.2) is 0 Å². The van der Waals surface area contributed by atoms with E-state index in [4.69, 9.17) is 9.40 Å². The number of hydrogen-bond acceptors (Lipinski definition) is 4. The SMILES string of the molecule is Cc1c(C(=O)NCC2CCCCC2)cc(-c2csc(-c3ccccc3)n2)n1Cc1ccco1. The molecule has 5 rings (SSSR count). The first-order valence-electron chi connectivity index (χ1n) is 11.7. The number of nitrogens with one attached hydrogen (secondary N) is 1. The highest BCUT2D eigenvalue weighted by atomic mass is 32.1. The first kappa shape index (κ1) is 21.7. The number of thiazole rings is 1. The summed E-state index contributed by atoms with van der Waals surface area (Å²) in [5.41, 5.74) is 4.54. The molecule has 170 valence electrons. The van der Waals surface area contributed by atoms with Crippen molar-refractivity contribution in [2.24, 2.45) is 5.92 Å². The second-order valence-electron chi connectivity index (χ2n) is 8.81. The number of aromatic nitrogens is 2. The van der Waals surface area contributed by atoms with E-state index >= 15 is 0 Å². The minimum absolute atomic E-state index is 0.00368. The van der Waals surface area contributed by atoms with Crippen LogP contribution in [-0.2, 0) is 6.54 Å². The third kappa shape index (κ3) is 4.81. The number of furan rings is 1. The van der Waals surface area contributed by atoms with Crippen molar-refractivity contribution >= 4 is 17.2 Å². The number of carbonyl (C=O) groups excluding carboxylic acids is 1. The van der Waals surface area contributed by atoms with Gasteiger partial charge in [0.1, 0.15) is 10.8 Å². The van der Waals surface area contributed by atoms with Crippen LogP contribution in [0.25, 0.3) is 22.0 Å². The average Bonchev–Trinajstić information content (AvgIpc) is 3.61. The van der Waals surface area contributed by atoms with Crippen molar-refractivity contribution in [1.82, 2.24) is 14.9 Å². The van der Waals surface area contributed by atoms with Gasteiger partial charge in [0, 0.05) is 23.2 Å². The Morgan fingerprint density at radius 2 is 1.97 bits per heavy atom. The maximum atomic E-state index is 13.2. The van der Waals surface area contributed by atoms with Crippen LogP contribution in [-0.4, -0.2) is 22.0 Å². The van der Waals surface area contributed by atoms with Crippen LogP contribution in [0.15, 0.2) is 64.6 Å². The normalized spacial score (nSPS) is 14.5. The van der Waals surface area contributed by atoms with Gasteiger partial charge in [0.25, 0.3) is 5.91 Å². The van der Waals surface area contributed by atoms with Crippen molar-refractivity contribution in [3.63, 3.8) is 0 Å². The molecule has 0 unspecified atom stereocenters. The molecule has 3 heterocycles. The molecule has 0 atom stereocenters. The van der Waals surface area contributed by atoms with Gasteiger partial charge >= 0.3 is 0 Å². The van der Waals surface area contributed by atoms with Gasteiger partial charge in [-0.15, -0.1) is 11.3 Å². The summed E-state index contributed by atoms with van der Waals surface area (Å²) in [6.45, 7) is 3.32. The van der Waals surface area contributed by atoms with E-state index in [-0.39, 0.29) is 5.91 Å². The molecule has 1 aliphatic rings. The zero-order chi connectivity index (χ0) is 22.6. The van der Waals surface area contributed by atoms with Crippen LogP contribution < -0.4 is 5.32 Å². The van der Waals surface area contributed by atoms with Crippen molar-refractivity contribution in [2.75, 3.05) is 6.54 Å². The van der Waals surface area contributed by atoms with Gasteiger partial charge in [-0.3, -0.25) is 4.79 Å². The standard InChI is InChI=1S/C27H29N3O2S/c1-19-23(26(31)28-16-20-9-4-2-5-10-20)15-25(30(19)17-22-13-8-14-32-22)24-18-33-27(29-24)21-11-6-3-7-12-21/h3,6-8,11-15,18,20H,2,4-5,9-10,16-17H2,1H3,(H,28,31). The summed E-state index contributed by atoms with van der Waals surface area (Å²) in [6, 6.07) is 16.0. The van der Waals surface area contributed by atoms with E-state index in [2.05, 4.69) is 27.4 Å². The van der Waals surface area contributed by atoms with Gasteiger partial charge in [-0.1, -0.05) is 49.6 Å². The van der Waals surface area contributed by atoms with Crippen LogP contribution in [0.3, 0.4) is 0 Å². The Hall–Kier alpha value is -3.12. The average molecular weight is 460 g/mol. The molecule has 1 fully saturated rings. The lowest BCUT2D eigenvalue weighted by Gasteiger charge is -2.21. The van der Waals surface area contributed by atoms with E-state index in [0.29, 0.717) is 18.0 Å². The van der Waals surface area contributed by atoms with Gasteiger partial charge in [-0.25, -0.2) is 4.98 Å². The molecule has 6 heteroatoms. The van der Waals surface area contributed by atoms with Crippen molar-refractivity contribution in [3.8, 4) is 22.0 Å². The van der Waals surface area contributed by atoms with Crippen molar-refractivity contribution < 1.29 is 9.21 Å². The quantitative estimate of drug-likeness (QED) is 0.341. The lowest BCUT2D eigenvalue weighted by atomic mass is 9.89. The van der Waals surface area contributed by atoms with Gasteiger partial charge in [-0.2, -0.15) is 0 Å². The van der Waals surface area contributed by atoms with Crippen LogP contribution in [0.2, 0.25) is 0 Å². The second-order valence-corrected chi connectivity index (χ2v) is 9.67. The molecular weight excluding hydrogens is 430 g/mol. The fourth-order valence-electron chi connectivity index (χ4n) is 4.68. The molecule has 0 aliphatic heterocycles. The third-order valence-electron chi connectivity index (χ3n) is 6.57. The predicted molar refractivity (Wildman–Crippen MR) is 132 cm³/mol. The number of benzene rings is 1. The lowest BCUT2D eigenvalue weighted by Crippen LogP contribution is -2.30. The molecule has 1 N–H and O–H groups in total. The second kappa shape index (κ2) is 9.79. The zero-order valence-corrected chi connectivity index (χ0v) is 19.7. The fraction of sp³-hybridized carbons (Fsp3) is 0.333. The van der Waals surface area contributed by atoms with Crippen LogP contribution in [0.1, 0.15) is 53.9 Å². The van der Waals surface area contributed by atoms with E-state index in [9.17, 15) is 4.79 Å². The number of amides is 1. The first-order chi connectivity index (χ1) is 16.2. The predicted octanol–water partition coefficient (Wildman–Crippen LogP) is 6.54. The van der Waals surface area contributed by atoms with Crippen molar-refractivity contribution in [2.45, 2.75) is 45.6 Å². The van der Waals surface area contributed by atoms with Crippen LogP contribution >= 0.6 is 11.3 Å². The topological polar surface area (TPSA) is 60.1 Å². The van der Waals surface area contributed by atoms with Gasteiger partial charge in [0.2, 0.25) is 0 Å². The third-order valence-corrected chi connectivity index (χ3v) is 7.46. The highest BCUT2D eigenvalue weighted by Crippen LogP contribution is 2.32. The maximum Gasteiger partial charge on any atom is 0.253 e. The Bertz CT molecular complexity index is 1200. The van der Waals surface area contributed by atoms with Gasteiger partial charge in [-0.05, 0) is 43.9 Å². The molecule has 0 saturated heterocycles. The molecule has 1 aromatic carbocycles. The molecule has 33 heavy (non-hydrogen) atoms. The van der Waals surface area contributed by atoms with E-state index in [1.807, 2.05) is 43.3 Å². The number of nitrogens with zero attached hydrogens (tertiary/aromatic N) is 2. The van der Waals surface area contributed by atoms with E-state index in [0.717, 1.165) is 40.0 Å². The molecular formula is C27H29N3O2S. The van der Waals surface area contributed by atoms with E-state index in [1.165, 1.54) is 32.1 Å². The zero-order valence-electron chi connectivity index (χ0n) is 18.9. The Kier molecular flexibility index (Phi) is 6.44.